The Morgan fingerprint density at radius 1 is 0.771 bits per heavy atom. The highest BCUT2D eigenvalue weighted by atomic mass is 16.2. The Hall–Kier alpha value is -5.34. The molecular weight excluding hydrogens is 596 g/mol. The lowest BCUT2D eigenvalue weighted by molar-refractivity contribution is -0.126. The van der Waals surface area contributed by atoms with Gasteiger partial charge in [-0.3, -0.25) is 9.59 Å². The summed E-state index contributed by atoms with van der Waals surface area (Å²) in [5.74, 6) is 1.61. The largest absolute Gasteiger partial charge is 0.361 e. The minimum atomic E-state index is -0.386. The number of H-pyrrole nitrogens is 1. The number of aromatic amines is 1. The lowest BCUT2D eigenvalue weighted by atomic mass is 9.96. The highest BCUT2D eigenvalue weighted by Gasteiger charge is 2.28. The summed E-state index contributed by atoms with van der Waals surface area (Å²) in [5, 5.41) is 17.4. The number of benzene rings is 4. The molecule has 8 nitrogen and oxygen atoms in total. The Morgan fingerprint density at radius 2 is 1.46 bits per heavy atom. The number of hydrogen-bond acceptors (Lipinski definition) is 5. The maximum absolute atomic E-state index is 13.7. The van der Waals surface area contributed by atoms with Crippen molar-refractivity contribution in [3.8, 4) is 0 Å². The van der Waals surface area contributed by atoms with Gasteiger partial charge in [-0.05, 0) is 55.1 Å². The zero-order chi connectivity index (χ0) is 32.7. The van der Waals surface area contributed by atoms with Crippen LogP contribution >= 0.6 is 0 Å². The number of fused-ring (bicyclic) bond motifs is 1. The van der Waals surface area contributed by atoms with Crippen LogP contribution in [-0.4, -0.2) is 44.5 Å². The maximum Gasteiger partial charge on any atom is 0.223 e. The molecule has 8 heteroatoms. The van der Waals surface area contributed by atoms with Gasteiger partial charge < -0.3 is 20.2 Å². The summed E-state index contributed by atoms with van der Waals surface area (Å²) in [6.45, 7) is 2.20. The maximum atomic E-state index is 13.7. The first kappa shape index (κ1) is 31.3. The van der Waals surface area contributed by atoms with Crippen LogP contribution in [0.5, 0.6) is 0 Å². The summed E-state index contributed by atoms with van der Waals surface area (Å²) in [6.07, 6.45) is 5.75. The molecule has 0 spiro atoms. The number of nitrogens with zero attached hydrogens (tertiary/aromatic N) is 3. The molecule has 0 bridgehead atoms. The fourth-order valence-electron chi connectivity index (χ4n) is 6.67. The molecule has 0 saturated carbocycles. The van der Waals surface area contributed by atoms with Crippen LogP contribution in [0, 0.1) is 5.92 Å². The third-order valence-electron chi connectivity index (χ3n) is 9.37. The quantitative estimate of drug-likeness (QED) is 0.138. The number of amides is 1. The lowest BCUT2D eigenvalue weighted by Gasteiger charge is -2.26. The van der Waals surface area contributed by atoms with Gasteiger partial charge in [0.1, 0.15) is 5.82 Å². The molecule has 1 fully saturated rings. The normalized spacial score (nSPS) is 14.2. The molecule has 48 heavy (non-hydrogen) atoms. The van der Waals surface area contributed by atoms with Crippen molar-refractivity contribution in [2.45, 2.75) is 44.7 Å². The van der Waals surface area contributed by atoms with Gasteiger partial charge in [-0.25, -0.2) is 0 Å². The van der Waals surface area contributed by atoms with Crippen LogP contribution in [0.2, 0.25) is 0 Å². The van der Waals surface area contributed by atoms with Crippen molar-refractivity contribution in [1.29, 1.82) is 0 Å². The van der Waals surface area contributed by atoms with E-state index in [2.05, 4.69) is 56.6 Å². The lowest BCUT2D eigenvalue weighted by Crippen LogP contribution is -2.41. The van der Waals surface area contributed by atoms with Gasteiger partial charge in [0.05, 0.1) is 12.6 Å². The topological polar surface area (TPSA) is 105 Å². The third-order valence-corrected chi connectivity index (χ3v) is 9.37. The fraction of sp³-hybridized carbons (Fsp3) is 0.250. The molecule has 4 aromatic carbocycles. The summed E-state index contributed by atoms with van der Waals surface area (Å²) in [5.41, 5.74) is 5.74. The van der Waals surface area contributed by atoms with Crippen molar-refractivity contribution in [3.63, 3.8) is 0 Å². The molecule has 7 rings (SSSR count). The molecule has 2 aromatic heterocycles. The van der Waals surface area contributed by atoms with Gasteiger partial charge in [0, 0.05) is 47.0 Å². The van der Waals surface area contributed by atoms with E-state index >= 15 is 0 Å². The molecule has 242 valence electrons. The fourth-order valence-corrected chi connectivity index (χ4v) is 6.67. The van der Waals surface area contributed by atoms with Crippen LogP contribution in [0.1, 0.15) is 63.1 Å². The Bertz CT molecular complexity index is 1980. The van der Waals surface area contributed by atoms with Gasteiger partial charge in [0.2, 0.25) is 5.91 Å². The Kier molecular flexibility index (Phi) is 9.52. The number of carbonyl (C=O) groups is 2. The predicted octanol–water partition coefficient (Wildman–Crippen LogP) is 6.22. The molecule has 1 saturated heterocycles. The van der Waals surface area contributed by atoms with Crippen LogP contribution in [0.3, 0.4) is 0 Å². The molecule has 1 aliphatic rings. The van der Waals surface area contributed by atoms with E-state index in [4.69, 9.17) is 10.2 Å². The van der Waals surface area contributed by atoms with Gasteiger partial charge in [-0.1, -0.05) is 103 Å². The number of aromatic nitrogens is 4. The molecule has 1 atom stereocenters. The van der Waals surface area contributed by atoms with E-state index in [1.54, 1.807) is 0 Å². The van der Waals surface area contributed by atoms with E-state index in [0.29, 0.717) is 30.5 Å². The van der Waals surface area contributed by atoms with Crippen LogP contribution in [0.15, 0.2) is 115 Å². The van der Waals surface area contributed by atoms with E-state index in [1.165, 1.54) is 5.56 Å². The number of rotatable bonds is 12. The first-order valence-corrected chi connectivity index (χ1v) is 16.8. The summed E-state index contributed by atoms with van der Waals surface area (Å²) in [6, 6.07) is 35.4. The number of nitrogens with one attached hydrogen (secondary N) is 3. The minimum Gasteiger partial charge on any atom is -0.361 e. The van der Waals surface area contributed by atoms with Crippen molar-refractivity contribution in [2.75, 3.05) is 13.1 Å². The number of ketones is 1. The van der Waals surface area contributed by atoms with Crippen molar-refractivity contribution in [2.24, 2.45) is 5.92 Å². The van der Waals surface area contributed by atoms with Gasteiger partial charge in [-0.2, -0.15) is 0 Å². The molecule has 0 aliphatic carbocycles. The minimum absolute atomic E-state index is 0.00453. The van der Waals surface area contributed by atoms with E-state index in [1.807, 2.05) is 79.0 Å². The molecule has 1 amide bonds. The molecule has 3 heterocycles. The molecule has 1 aliphatic heterocycles. The average molecular weight is 637 g/mol. The third kappa shape index (κ3) is 7.14. The van der Waals surface area contributed by atoms with Crippen molar-refractivity contribution in [3.05, 3.63) is 155 Å². The van der Waals surface area contributed by atoms with Gasteiger partial charge in [0.15, 0.2) is 11.6 Å². The van der Waals surface area contributed by atoms with Crippen LogP contribution in [0.25, 0.3) is 10.9 Å². The van der Waals surface area contributed by atoms with E-state index in [0.717, 1.165) is 66.0 Å². The van der Waals surface area contributed by atoms with Crippen LogP contribution in [0.4, 0.5) is 0 Å². The molecule has 3 N–H and O–H groups in total. The smallest absolute Gasteiger partial charge is 0.223 e. The van der Waals surface area contributed by atoms with Crippen LogP contribution < -0.4 is 10.6 Å². The highest BCUT2D eigenvalue weighted by molar-refractivity contribution is 6.08. The second-order valence-corrected chi connectivity index (χ2v) is 12.6. The SMILES string of the molecule is O=C(c1ccccc1)c1ccc(Cn2c(CCc3ccccc3)nnc2[C@@H](Cc2c[nH]c3ccccc23)NC(=O)C2CCNCC2)cc1. The molecule has 6 aromatic rings. The number of carbonyl (C=O) groups excluding carboxylic acids is 2. The summed E-state index contributed by atoms with van der Waals surface area (Å²) in [4.78, 5) is 30.2. The monoisotopic (exact) mass is 636 g/mol. The van der Waals surface area contributed by atoms with Crippen LogP contribution in [-0.2, 0) is 30.6 Å². The number of aryl methyl sites for hydroxylation is 2. The average Bonchev–Trinajstić information content (AvgIpc) is 3.75. The highest BCUT2D eigenvalue weighted by Crippen LogP contribution is 2.27. The van der Waals surface area contributed by atoms with E-state index < -0.39 is 0 Å². The van der Waals surface area contributed by atoms with Gasteiger partial charge >= 0.3 is 0 Å². The second-order valence-electron chi connectivity index (χ2n) is 12.6. The standard InChI is InChI=1S/C40H40N6O2/c47-38(30-11-5-2-6-12-30)31-18-15-29(16-19-31)27-46-37(20-17-28-9-3-1-4-10-28)44-45-39(46)36(43-40(48)32-21-23-41-24-22-32)25-33-26-42-35-14-8-7-13-34(33)35/h1-16,18-19,26,32,36,41-42H,17,20-25,27H2,(H,43,48)/t36-/m1/s1. The van der Waals surface area contributed by atoms with Crippen molar-refractivity contribution < 1.29 is 9.59 Å². The van der Waals surface area contributed by atoms with E-state index in [-0.39, 0.29) is 23.7 Å². The Labute approximate surface area is 280 Å². The Morgan fingerprint density at radius 3 is 2.23 bits per heavy atom. The first-order chi connectivity index (χ1) is 23.6. The number of piperidine rings is 1. The zero-order valence-electron chi connectivity index (χ0n) is 26.9. The number of hydrogen-bond donors (Lipinski definition) is 3. The van der Waals surface area contributed by atoms with Crippen molar-refractivity contribution >= 4 is 22.6 Å². The Balaban J connectivity index is 1.22. The van der Waals surface area contributed by atoms with Gasteiger partial charge in [0.25, 0.3) is 0 Å². The summed E-state index contributed by atoms with van der Waals surface area (Å²) >= 11 is 0. The number of para-hydroxylation sites is 1. The zero-order valence-corrected chi connectivity index (χ0v) is 26.9. The first-order valence-electron chi connectivity index (χ1n) is 16.8. The molecule has 0 radical (unpaired) electrons. The second kappa shape index (κ2) is 14.6. The predicted molar refractivity (Wildman–Crippen MR) is 188 cm³/mol. The van der Waals surface area contributed by atoms with Gasteiger partial charge in [-0.15, -0.1) is 10.2 Å². The molecular formula is C40H40N6O2. The summed E-state index contributed by atoms with van der Waals surface area (Å²) in [7, 11) is 0. The van der Waals surface area contributed by atoms with Crippen molar-refractivity contribution in [1.82, 2.24) is 30.4 Å². The van der Waals surface area contributed by atoms with E-state index in [9.17, 15) is 9.59 Å². The molecule has 0 unspecified atom stereocenters. The summed E-state index contributed by atoms with van der Waals surface area (Å²) < 4.78 is 2.17.